The third-order valence-electron chi connectivity index (χ3n) is 1.81. The number of nitrogens with two attached hydrogens (primary N) is 1. The van der Waals surface area contributed by atoms with E-state index >= 15 is 0 Å². The molecule has 16 heavy (non-hydrogen) atoms. The fraction of sp³-hybridized carbons (Fsp3) is 0.222. The van der Waals surface area contributed by atoms with Gasteiger partial charge in [-0.1, -0.05) is 0 Å². The molecule has 0 aliphatic heterocycles. The van der Waals surface area contributed by atoms with Crippen LogP contribution in [-0.2, 0) is 0 Å². The lowest BCUT2D eigenvalue weighted by atomic mass is 10.1. The number of rotatable bonds is 3. The lowest BCUT2D eigenvalue weighted by Gasteiger charge is -2.11. The molecule has 1 rings (SSSR count). The van der Waals surface area contributed by atoms with Crippen molar-refractivity contribution in [1.29, 1.82) is 0 Å². The summed E-state index contributed by atoms with van der Waals surface area (Å²) in [6, 6.07) is 3.84. The highest BCUT2D eigenvalue weighted by atomic mass is 16.6. The molecule has 1 aromatic carbocycles. The van der Waals surface area contributed by atoms with Gasteiger partial charge in [0.2, 0.25) is 0 Å². The number of anilines is 1. The number of carbonyl (C=O) groups is 1. The second-order valence-corrected chi connectivity index (χ2v) is 3.37. The van der Waals surface area contributed by atoms with Gasteiger partial charge in [-0.2, -0.15) is 0 Å². The van der Waals surface area contributed by atoms with Crippen molar-refractivity contribution in [3.05, 3.63) is 33.9 Å². The van der Waals surface area contributed by atoms with Crippen molar-refractivity contribution in [3.8, 4) is 0 Å². The number of hydrogen-bond donors (Lipinski definition) is 2. The van der Waals surface area contributed by atoms with Gasteiger partial charge >= 0.3 is 0 Å². The van der Waals surface area contributed by atoms with Crippen molar-refractivity contribution in [2.24, 2.45) is 0 Å². The van der Waals surface area contributed by atoms with E-state index in [1.54, 1.807) is 14.1 Å². The van der Waals surface area contributed by atoms with Crippen molar-refractivity contribution in [2.45, 2.75) is 0 Å². The molecule has 0 saturated carbocycles. The van der Waals surface area contributed by atoms with E-state index in [-0.39, 0.29) is 22.8 Å². The third-order valence-corrected chi connectivity index (χ3v) is 1.81. The molecule has 0 radical (unpaired) electrons. The first-order chi connectivity index (χ1) is 7.41. The van der Waals surface area contributed by atoms with E-state index in [0.717, 1.165) is 0 Å². The van der Waals surface area contributed by atoms with Gasteiger partial charge in [-0.3, -0.25) is 20.3 Å². The summed E-state index contributed by atoms with van der Waals surface area (Å²) < 4.78 is 0. The summed E-state index contributed by atoms with van der Waals surface area (Å²) in [5, 5.41) is 12.0. The van der Waals surface area contributed by atoms with Crippen LogP contribution in [0, 0.1) is 10.1 Å². The topological polar surface area (TPSA) is 102 Å². The summed E-state index contributed by atoms with van der Waals surface area (Å²) in [7, 11) is 3.32. The summed E-state index contributed by atoms with van der Waals surface area (Å²) in [6.07, 6.45) is 0. The zero-order chi connectivity index (χ0) is 12.3. The first-order valence-electron chi connectivity index (χ1n) is 4.44. The smallest absolute Gasteiger partial charge is 0.292 e. The van der Waals surface area contributed by atoms with Gasteiger partial charge in [0, 0.05) is 25.7 Å². The largest absolute Gasteiger partial charge is 0.393 e. The van der Waals surface area contributed by atoms with E-state index in [9.17, 15) is 14.9 Å². The number of carbonyl (C=O) groups excluding carboxylic acids is 1. The van der Waals surface area contributed by atoms with E-state index in [2.05, 4.69) is 5.43 Å². The van der Waals surface area contributed by atoms with Crippen LogP contribution in [0.3, 0.4) is 0 Å². The minimum Gasteiger partial charge on any atom is -0.393 e. The summed E-state index contributed by atoms with van der Waals surface area (Å²) in [5.41, 5.74) is 8.00. The fourth-order valence-corrected chi connectivity index (χ4v) is 1.13. The number of amides is 1. The van der Waals surface area contributed by atoms with Crippen LogP contribution in [0.2, 0.25) is 0 Å². The zero-order valence-electron chi connectivity index (χ0n) is 8.93. The lowest BCUT2D eigenvalue weighted by Crippen LogP contribution is -2.36. The minimum absolute atomic E-state index is 0.0311. The molecule has 86 valence electrons. The Kier molecular flexibility index (Phi) is 3.41. The molecule has 0 atom stereocenters. The Hall–Kier alpha value is -2.15. The second kappa shape index (κ2) is 4.58. The van der Waals surface area contributed by atoms with E-state index in [1.165, 1.54) is 23.2 Å². The highest BCUT2D eigenvalue weighted by Gasteiger charge is 2.14. The van der Waals surface area contributed by atoms with Gasteiger partial charge in [0.05, 0.1) is 4.92 Å². The van der Waals surface area contributed by atoms with Crippen LogP contribution >= 0.6 is 0 Å². The highest BCUT2D eigenvalue weighted by Crippen LogP contribution is 2.21. The number of nitrogen functional groups attached to an aromatic ring is 1. The Morgan fingerprint density at radius 1 is 1.50 bits per heavy atom. The molecule has 0 saturated heterocycles. The van der Waals surface area contributed by atoms with Crippen LogP contribution in [-0.4, -0.2) is 29.9 Å². The number of nitro groups is 1. The Balaban J connectivity index is 2.97. The van der Waals surface area contributed by atoms with Crippen LogP contribution in [0.25, 0.3) is 0 Å². The predicted octanol–water partition coefficient (Wildman–Crippen LogP) is 0.383. The molecule has 1 aromatic rings. The molecule has 0 unspecified atom stereocenters. The molecule has 0 aliphatic carbocycles. The van der Waals surface area contributed by atoms with Gasteiger partial charge in [0.15, 0.2) is 0 Å². The van der Waals surface area contributed by atoms with E-state index < -0.39 is 4.92 Å². The molecular weight excluding hydrogens is 212 g/mol. The van der Waals surface area contributed by atoms with E-state index in [4.69, 9.17) is 5.73 Å². The molecule has 7 nitrogen and oxygen atoms in total. The standard InChI is InChI=1S/C9H12N4O3/c1-12(2)11-9(14)6-3-4-8(13(15)16)7(10)5-6/h3-5H,10H2,1-2H3,(H,11,14). The van der Waals surface area contributed by atoms with Crippen molar-refractivity contribution in [2.75, 3.05) is 19.8 Å². The van der Waals surface area contributed by atoms with Crippen molar-refractivity contribution >= 4 is 17.3 Å². The average molecular weight is 224 g/mol. The van der Waals surface area contributed by atoms with Crippen LogP contribution < -0.4 is 11.2 Å². The molecular formula is C9H12N4O3. The maximum Gasteiger partial charge on any atom is 0.292 e. The van der Waals surface area contributed by atoms with Gasteiger partial charge in [0.1, 0.15) is 5.69 Å². The first-order valence-corrected chi connectivity index (χ1v) is 4.44. The number of nitrogens with zero attached hydrogens (tertiary/aromatic N) is 2. The van der Waals surface area contributed by atoms with E-state index in [1.807, 2.05) is 0 Å². The van der Waals surface area contributed by atoms with Gasteiger partial charge < -0.3 is 5.73 Å². The monoisotopic (exact) mass is 224 g/mol. The van der Waals surface area contributed by atoms with Gasteiger partial charge in [-0.15, -0.1) is 0 Å². The summed E-state index contributed by atoms with van der Waals surface area (Å²) in [6.45, 7) is 0. The van der Waals surface area contributed by atoms with Gasteiger partial charge in [-0.05, 0) is 12.1 Å². The lowest BCUT2D eigenvalue weighted by molar-refractivity contribution is -0.383. The number of nitro benzene ring substituents is 1. The Labute approximate surface area is 92.0 Å². The molecule has 3 N–H and O–H groups in total. The molecule has 0 bridgehead atoms. The quantitative estimate of drug-likeness (QED) is 0.439. The zero-order valence-corrected chi connectivity index (χ0v) is 8.93. The van der Waals surface area contributed by atoms with Crippen molar-refractivity contribution in [3.63, 3.8) is 0 Å². The molecule has 0 fully saturated rings. The van der Waals surface area contributed by atoms with Crippen molar-refractivity contribution in [1.82, 2.24) is 10.4 Å². The average Bonchev–Trinajstić information content (AvgIpc) is 2.15. The Morgan fingerprint density at radius 2 is 2.12 bits per heavy atom. The summed E-state index contributed by atoms with van der Waals surface area (Å²) >= 11 is 0. The molecule has 0 spiro atoms. The van der Waals surface area contributed by atoms with Crippen LogP contribution in [0.1, 0.15) is 10.4 Å². The molecule has 0 aromatic heterocycles. The molecule has 0 heterocycles. The Morgan fingerprint density at radius 3 is 2.56 bits per heavy atom. The maximum atomic E-state index is 11.5. The minimum atomic E-state index is -0.594. The maximum absolute atomic E-state index is 11.5. The SMILES string of the molecule is CN(C)NC(=O)c1ccc([N+](=O)[O-])c(N)c1. The third kappa shape index (κ3) is 2.67. The molecule has 1 amide bonds. The number of hydrazine groups is 1. The summed E-state index contributed by atoms with van der Waals surface area (Å²) in [5.74, 6) is -0.369. The van der Waals surface area contributed by atoms with Gasteiger partial charge in [-0.25, -0.2) is 5.01 Å². The van der Waals surface area contributed by atoms with Crippen LogP contribution in [0.4, 0.5) is 11.4 Å². The highest BCUT2D eigenvalue weighted by molar-refractivity contribution is 5.95. The predicted molar refractivity (Wildman–Crippen MR) is 58.7 cm³/mol. The number of nitrogens with one attached hydrogen (secondary N) is 1. The van der Waals surface area contributed by atoms with E-state index in [0.29, 0.717) is 0 Å². The Bertz CT molecular complexity index is 431. The van der Waals surface area contributed by atoms with Gasteiger partial charge in [0.25, 0.3) is 11.6 Å². The van der Waals surface area contributed by atoms with Crippen LogP contribution in [0.5, 0.6) is 0 Å². The van der Waals surface area contributed by atoms with Crippen LogP contribution in [0.15, 0.2) is 18.2 Å². The number of hydrogen-bond acceptors (Lipinski definition) is 5. The number of benzene rings is 1. The van der Waals surface area contributed by atoms with Crippen molar-refractivity contribution < 1.29 is 9.72 Å². The molecule has 7 heteroatoms. The normalized spacial score (nSPS) is 10.2. The first kappa shape index (κ1) is 11.9. The molecule has 0 aliphatic rings. The second-order valence-electron chi connectivity index (χ2n) is 3.37. The fourth-order valence-electron chi connectivity index (χ4n) is 1.13. The summed E-state index contributed by atoms with van der Waals surface area (Å²) in [4.78, 5) is 21.4.